The number of ether oxygens (including phenoxy) is 3. The molecule has 192 valence electrons. The molecule has 2 saturated carbocycles. The smallest absolute Gasteiger partial charge is 0.164 e. The summed E-state index contributed by atoms with van der Waals surface area (Å²) in [5, 5.41) is 0. The molecule has 0 bridgehead atoms. The molecule has 6 heteroatoms. The van der Waals surface area contributed by atoms with Crippen molar-refractivity contribution < 1.29 is 27.4 Å². The minimum Gasteiger partial charge on any atom is -0.381 e. The predicted octanol–water partition coefficient (Wildman–Crippen LogP) is 7.56. The first-order valence-electron chi connectivity index (χ1n) is 13.0. The van der Waals surface area contributed by atoms with Crippen LogP contribution in [0.25, 0.3) is 0 Å². The van der Waals surface area contributed by atoms with Crippen LogP contribution in [0.2, 0.25) is 0 Å². The summed E-state index contributed by atoms with van der Waals surface area (Å²) in [6, 6.07) is 8.84. The third-order valence-electron chi connectivity index (χ3n) is 7.80. The average Bonchev–Trinajstić information content (AvgIpc) is 2.89. The minimum atomic E-state index is -0.785. The molecule has 0 N–H and O–H groups in total. The second-order valence-corrected chi connectivity index (χ2v) is 9.92. The number of hydrogen-bond acceptors (Lipinski definition) is 3. The van der Waals surface area contributed by atoms with Gasteiger partial charge in [-0.3, -0.25) is 0 Å². The monoisotopic (exact) mass is 490 g/mol. The number of methoxy groups -OCH3 is 1. The van der Waals surface area contributed by atoms with Crippen molar-refractivity contribution in [1.29, 1.82) is 0 Å². The summed E-state index contributed by atoms with van der Waals surface area (Å²) in [7, 11) is 1.70. The van der Waals surface area contributed by atoms with Crippen molar-refractivity contribution in [1.82, 2.24) is 0 Å². The number of halogens is 3. The molecule has 2 aromatic rings. The fourth-order valence-electron chi connectivity index (χ4n) is 5.56. The van der Waals surface area contributed by atoms with Crippen LogP contribution in [0.3, 0.4) is 0 Å². The maximum absolute atomic E-state index is 14.9. The van der Waals surface area contributed by atoms with E-state index in [4.69, 9.17) is 14.2 Å². The van der Waals surface area contributed by atoms with Gasteiger partial charge in [-0.15, -0.1) is 0 Å². The molecule has 0 spiro atoms. The van der Waals surface area contributed by atoms with Crippen LogP contribution in [0.1, 0.15) is 92.4 Å². The Kier molecular flexibility index (Phi) is 9.26. The van der Waals surface area contributed by atoms with E-state index in [1.807, 2.05) is 19.1 Å². The first-order chi connectivity index (χ1) is 17.0. The molecule has 0 unspecified atom stereocenters. The molecular weight excluding hydrogens is 453 g/mol. The molecule has 4 rings (SSSR count). The molecule has 2 aliphatic rings. The molecule has 0 heterocycles. The third kappa shape index (κ3) is 6.46. The van der Waals surface area contributed by atoms with Crippen molar-refractivity contribution in [2.75, 3.05) is 13.7 Å². The molecule has 35 heavy (non-hydrogen) atoms. The molecule has 0 radical (unpaired) electrons. The van der Waals surface area contributed by atoms with Crippen molar-refractivity contribution in [2.24, 2.45) is 0 Å². The Morgan fingerprint density at radius 1 is 0.743 bits per heavy atom. The van der Waals surface area contributed by atoms with Gasteiger partial charge in [0.15, 0.2) is 11.6 Å². The first-order valence-corrected chi connectivity index (χ1v) is 13.0. The summed E-state index contributed by atoms with van der Waals surface area (Å²) in [6.07, 6.45) is 7.00. The topological polar surface area (TPSA) is 27.7 Å². The first kappa shape index (κ1) is 26.2. The molecule has 0 aromatic heterocycles. The quantitative estimate of drug-likeness (QED) is 0.363. The van der Waals surface area contributed by atoms with Crippen LogP contribution in [-0.4, -0.2) is 25.9 Å². The Hall–Kier alpha value is -1.89. The molecule has 0 saturated heterocycles. The highest BCUT2D eigenvalue weighted by molar-refractivity contribution is 5.29. The Bertz CT molecular complexity index is 964. The second kappa shape index (κ2) is 12.4. The van der Waals surface area contributed by atoms with E-state index in [2.05, 4.69) is 0 Å². The molecule has 2 aromatic carbocycles. The zero-order valence-electron chi connectivity index (χ0n) is 20.8. The van der Waals surface area contributed by atoms with E-state index in [1.165, 1.54) is 0 Å². The van der Waals surface area contributed by atoms with Gasteiger partial charge in [-0.25, -0.2) is 13.2 Å². The lowest BCUT2D eigenvalue weighted by atomic mass is 9.82. The van der Waals surface area contributed by atoms with Crippen molar-refractivity contribution in [3.8, 4) is 0 Å². The Morgan fingerprint density at radius 3 is 2.06 bits per heavy atom. The van der Waals surface area contributed by atoms with Gasteiger partial charge >= 0.3 is 0 Å². The number of hydrogen-bond donors (Lipinski definition) is 0. The Balaban J connectivity index is 1.28. The Labute approximate surface area is 207 Å². The maximum Gasteiger partial charge on any atom is 0.164 e. The summed E-state index contributed by atoms with van der Waals surface area (Å²) in [5.74, 6) is -1.41. The summed E-state index contributed by atoms with van der Waals surface area (Å²) in [4.78, 5) is 0. The van der Waals surface area contributed by atoms with Gasteiger partial charge in [0.1, 0.15) is 5.82 Å². The van der Waals surface area contributed by atoms with Crippen LogP contribution in [-0.2, 0) is 27.4 Å². The predicted molar refractivity (Wildman–Crippen MR) is 130 cm³/mol. The van der Waals surface area contributed by atoms with Crippen molar-refractivity contribution in [3.05, 3.63) is 70.0 Å². The van der Waals surface area contributed by atoms with E-state index in [0.717, 1.165) is 56.9 Å². The highest BCUT2D eigenvalue weighted by Gasteiger charge is 2.27. The van der Waals surface area contributed by atoms with Gasteiger partial charge in [-0.05, 0) is 87.3 Å². The third-order valence-corrected chi connectivity index (χ3v) is 7.80. The van der Waals surface area contributed by atoms with Crippen LogP contribution in [0, 0.1) is 17.5 Å². The number of benzene rings is 2. The van der Waals surface area contributed by atoms with E-state index in [-0.39, 0.29) is 48.6 Å². The zero-order valence-corrected chi connectivity index (χ0v) is 20.8. The second-order valence-electron chi connectivity index (χ2n) is 9.92. The normalized spacial score (nSPS) is 25.1. The largest absolute Gasteiger partial charge is 0.381 e. The molecule has 0 atom stereocenters. The van der Waals surface area contributed by atoms with Crippen LogP contribution in [0.4, 0.5) is 13.2 Å². The average molecular weight is 491 g/mol. The van der Waals surface area contributed by atoms with Gasteiger partial charge < -0.3 is 14.2 Å². The van der Waals surface area contributed by atoms with Crippen LogP contribution in [0.15, 0.2) is 30.3 Å². The minimum absolute atomic E-state index is 0.000200. The fourth-order valence-corrected chi connectivity index (χ4v) is 5.56. The molecule has 2 fully saturated rings. The maximum atomic E-state index is 14.9. The van der Waals surface area contributed by atoms with E-state index >= 15 is 0 Å². The fraction of sp³-hybridized carbons (Fsp3) is 0.586. The van der Waals surface area contributed by atoms with Crippen LogP contribution >= 0.6 is 0 Å². The SMILES string of the molecule is CCOCc1ccc(C2CCC(OCc3ccc(C4CCC(OC)CC4)c(F)c3F)CC2)cc1F. The Morgan fingerprint density at radius 2 is 1.40 bits per heavy atom. The zero-order chi connectivity index (χ0) is 24.8. The van der Waals surface area contributed by atoms with Gasteiger partial charge in [-0.2, -0.15) is 0 Å². The van der Waals surface area contributed by atoms with Crippen LogP contribution in [0.5, 0.6) is 0 Å². The van der Waals surface area contributed by atoms with Crippen molar-refractivity contribution in [3.63, 3.8) is 0 Å². The van der Waals surface area contributed by atoms with Gasteiger partial charge in [-0.1, -0.05) is 24.3 Å². The van der Waals surface area contributed by atoms with E-state index in [0.29, 0.717) is 17.7 Å². The summed E-state index contributed by atoms with van der Waals surface area (Å²) in [6.45, 7) is 2.80. The van der Waals surface area contributed by atoms with Crippen molar-refractivity contribution in [2.45, 2.75) is 95.5 Å². The van der Waals surface area contributed by atoms with E-state index in [1.54, 1.807) is 25.3 Å². The molecular formula is C29H37F3O3. The summed E-state index contributed by atoms with van der Waals surface area (Å²) >= 11 is 0. The lowest BCUT2D eigenvalue weighted by molar-refractivity contribution is 0.0118. The number of rotatable bonds is 9. The molecule has 2 aliphatic carbocycles. The van der Waals surface area contributed by atoms with E-state index in [9.17, 15) is 13.2 Å². The summed E-state index contributed by atoms with van der Waals surface area (Å²) in [5.41, 5.74) is 2.33. The highest BCUT2D eigenvalue weighted by Crippen LogP contribution is 2.37. The lowest BCUT2D eigenvalue weighted by Gasteiger charge is -2.29. The molecule has 0 amide bonds. The van der Waals surface area contributed by atoms with Gasteiger partial charge in [0.2, 0.25) is 0 Å². The lowest BCUT2D eigenvalue weighted by Crippen LogP contribution is -2.22. The van der Waals surface area contributed by atoms with Gasteiger partial charge in [0, 0.05) is 24.8 Å². The van der Waals surface area contributed by atoms with Gasteiger partial charge in [0.25, 0.3) is 0 Å². The van der Waals surface area contributed by atoms with Crippen molar-refractivity contribution >= 4 is 0 Å². The highest BCUT2D eigenvalue weighted by atomic mass is 19.2. The molecule has 0 aliphatic heterocycles. The molecule has 3 nitrogen and oxygen atoms in total. The van der Waals surface area contributed by atoms with Crippen LogP contribution < -0.4 is 0 Å². The standard InChI is InChI=1S/C29H37F3O3/c1-3-34-17-22-5-4-21(16-27(22)30)19-6-13-25(14-7-19)35-18-23-10-15-26(29(32)28(23)31)20-8-11-24(33-2)12-9-20/h4-5,10,15-16,19-20,24-25H,3,6-9,11-14,17-18H2,1-2H3. The van der Waals surface area contributed by atoms with E-state index < -0.39 is 11.6 Å². The van der Waals surface area contributed by atoms with Gasteiger partial charge in [0.05, 0.1) is 25.4 Å². The summed E-state index contributed by atoms with van der Waals surface area (Å²) < 4.78 is 60.7.